The largest absolute Gasteiger partial charge is 0.494 e. The highest BCUT2D eigenvalue weighted by Gasteiger charge is 2.39. The van der Waals surface area contributed by atoms with Crippen LogP contribution in [0.3, 0.4) is 0 Å². The summed E-state index contributed by atoms with van der Waals surface area (Å²) >= 11 is 0. The summed E-state index contributed by atoms with van der Waals surface area (Å²) in [6, 6.07) is 7.38. The summed E-state index contributed by atoms with van der Waals surface area (Å²) in [4.78, 5) is 12.4. The fourth-order valence-corrected chi connectivity index (χ4v) is 2.40. The number of carbonyl (C=O) groups excluding carboxylic acids is 1. The molecule has 1 saturated heterocycles. The van der Waals surface area contributed by atoms with Crippen LogP contribution in [0, 0.1) is 0 Å². The van der Waals surface area contributed by atoms with Crippen molar-refractivity contribution in [1.29, 1.82) is 0 Å². The first-order chi connectivity index (χ1) is 9.70. The van der Waals surface area contributed by atoms with Gasteiger partial charge in [0.2, 0.25) is 0 Å². The van der Waals surface area contributed by atoms with E-state index in [4.69, 9.17) is 9.47 Å². The molecule has 1 aromatic rings. The van der Waals surface area contributed by atoms with E-state index in [0.29, 0.717) is 19.4 Å². The Labute approximate surface area is 119 Å². The minimum atomic E-state index is -0.718. The normalized spacial score (nSPS) is 17.5. The van der Waals surface area contributed by atoms with Gasteiger partial charge in [0.05, 0.1) is 6.61 Å². The molecule has 1 aromatic carbocycles. The van der Waals surface area contributed by atoms with Crippen LogP contribution >= 0.6 is 0 Å². The Morgan fingerprint density at radius 2 is 1.95 bits per heavy atom. The summed E-state index contributed by atoms with van der Waals surface area (Å²) in [5, 5.41) is 6.16. The van der Waals surface area contributed by atoms with Gasteiger partial charge in [0.15, 0.2) is 0 Å². The van der Waals surface area contributed by atoms with Gasteiger partial charge in [0.25, 0.3) is 5.91 Å². The number of rotatable bonds is 5. The van der Waals surface area contributed by atoms with Crippen molar-refractivity contribution in [2.75, 3.05) is 32.1 Å². The Kier molecular flexibility index (Phi) is 4.98. The molecule has 0 radical (unpaired) electrons. The van der Waals surface area contributed by atoms with E-state index in [1.807, 2.05) is 31.2 Å². The lowest BCUT2D eigenvalue weighted by atomic mass is 9.91. The van der Waals surface area contributed by atoms with Crippen molar-refractivity contribution in [1.82, 2.24) is 5.32 Å². The van der Waals surface area contributed by atoms with E-state index >= 15 is 0 Å². The maximum Gasteiger partial charge on any atom is 0.256 e. The summed E-state index contributed by atoms with van der Waals surface area (Å²) in [5.74, 6) is 0.722. The first-order valence-corrected chi connectivity index (χ1v) is 7.00. The lowest BCUT2D eigenvalue weighted by molar-refractivity contribution is -0.140. The smallest absolute Gasteiger partial charge is 0.256 e. The van der Waals surface area contributed by atoms with Gasteiger partial charge in [-0.25, -0.2) is 0 Å². The molecule has 110 valence electrons. The van der Waals surface area contributed by atoms with Crippen LogP contribution in [-0.4, -0.2) is 38.3 Å². The third-order valence-electron chi connectivity index (χ3n) is 3.64. The van der Waals surface area contributed by atoms with Crippen LogP contribution in [0.25, 0.3) is 0 Å². The zero-order valence-electron chi connectivity index (χ0n) is 12.1. The van der Waals surface area contributed by atoms with Gasteiger partial charge >= 0.3 is 0 Å². The number of benzene rings is 1. The molecule has 1 aliphatic rings. The number of nitrogens with one attached hydrogen (secondary N) is 2. The lowest BCUT2D eigenvalue weighted by Gasteiger charge is -2.34. The average Bonchev–Trinajstić information content (AvgIpc) is 2.50. The summed E-state index contributed by atoms with van der Waals surface area (Å²) < 4.78 is 10.9. The van der Waals surface area contributed by atoms with Gasteiger partial charge in [-0.05, 0) is 57.1 Å². The third kappa shape index (κ3) is 3.29. The van der Waals surface area contributed by atoms with Crippen LogP contribution in [0.4, 0.5) is 5.69 Å². The topological polar surface area (TPSA) is 59.6 Å². The molecule has 0 spiro atoms. The predicted molar refractivity (Wildman–Crippen MR) is 78.1 cm³/mol. The summed E-state index contributed by atoms with van der Waals surface area (Å²) in [6.07, 6.45) is 1.37. The van der Waals surface area contributed by atoms with E-state index in [-0.39, 0.29) is 5.91 Å². The van der Waals surface area contributed by atoms with Crippen LogP contribution in [0.5, 0.6) is 5.75 Å². The second kappa shape index (κ2) is 6.72. The third-order valence-corrected chi connectivity index (χ3v) is 3.64. The van der Waals surface area contributed by atoms with Crippen LogP contribution in [0.15, 0.2) is 24.3 Å². The first-order valence-electron chi connectivity index (χ1n) is 7.00. The van der Waals surface area contributed by atoms with Crippen LogP contribution in [-0.2, 0) is 9.53 Å². The molecule has 0 saturated carbocycles. The molecule has 2 N–H and O–H groups in total. The lowest BCUT2D eigenvalue weighted by Crippen LogP contribution is -2.51. The standard InChI is InChI=1S/C15H22N2O3/c1-3-20-13-6-4-12(5-7-13)17-14(18)15(19-2)8-10-16-11-9-15/h4-7,16H,3,8-11H2,1-2H3,(H,17,18). The van der Waals surface area contributed by atoms with E-state index in [0.717, 1.165) is 24.5 Å². The number of anilines is 1. The molecule has 2 rings (SSSR count). The summed E-state index contributed by atoms with van der Waals surface area (Å²) in [6.45, 7) is 4.16. The number of carbonyl (C=O) groups is 1. The van der Waals surface area contributed by atoms with E-state index < -0.39 is 5.60 Å². The van der Waals surface area contributed by atoms with Crippen molar-refractivity contribution in [2.24, 2.45) is 0 Å². The number of amides is 1. The molecule has 0 aromatic heterocycles. The SMILES string of the molecule is CCOc1ccc(NC(=O)C2(OC)CCNCC2)cc1. The molecule has 0 aliphatic carbocycles. The fraction of sp³-hybridized carbons (Fsp3) is 0.533. The minimum absolute atomic E-state index is 0.0781. The van der Waals surface area contributed by atoms with Crippen LogP contribution in [0.2, 0.25) is 0 Å². The second-order valence-electron chi connectivity index (χ2n) is 4.86. The molecule has 1 aliphatic heterocycles. The molecule has 1 amide bonds. The van der Waals surface area contributed by atoms with E-state index in [9.17, 15) is 4.79 Å². The highest BCUT2D eigenvalue weighted by Crippen LogP contribution is 2.25. The Morgan fingerprint density at radius 1 is 1.30 bits per heavy atom. The molecule has 5 heteroatoms. The Bertz CT molecular complexity index is 439. The van der Waals surface area contributed by atoms with Gasteiger partial charge in [-0.3, -0.25) is 4.79 Å². The molecular weight excluding hydrogens is 256 g/mol. The number of hydrogen-bond donors (Lipinski definition) is 2. The highest BCUT2D eigenvalue weighted by atomic mass is 16.5. The van der Waals surface area contributed by atoms with Gasteiger partial charge in [-0.15, -0.1) is 0 Å². The zero-order chi connectivity index (χ0) is 14.4. The van der Waals surface area contributed by atoms with Crippen molar-refractivity contribution >= 4 is 11.6 Å². The predicted octanol–water partition coefficient (Wildman–Crippen LogP) is 1.79. The van der Waals surface area contributed by atoms with Crippen LogP contribution in [0.1, 0.15) is 19.8 Å². The monoisotopic (exact) mass is 278 g/mol. The van der Waals surface area contributed by atoms with E-state index in [2.05, 4.69) is 10.6 Å². The second-order valence-corrected chi connectivity index (χ2v) is 4.86. The molecule has 0 unspecified atom stereocenters. The van der Waals surface area contributed by atoms with E-state index in [1.165, 1.54) is 0 Å². The molecule has 0 bridgehead atoms. The van der Waals surface area contributed by atoms with Crippen molar-refractivity contribution < 1.29 is 14.3 Å². The Morgan fingerprint density at radius 3 is 2.50 bits per heavy atom. The van der Waals surface area contributed by atoms with Crippen molar-refractivity contribution in [3.63, 3.8) is 0 Å². The van der Waals surface area contributed by atoms with Gasteiger partial charge in [0.1, 0.15) is 11.4 Å². The van der Waals surface area contributed by atoms with Gasteiger partial charge in [-0.2, -0.15) is 0 Å². The molecule has 20 heavy (non-hydrogen) atoms. The van der Waals surface area contributed by atoms with Crippen molar-refractivity contribution in [3.8, 4) is 5.75 Å². The molecule has 1 fully saturated rings. The summed E-state index contributed by atoms with van der Waals surface area (Å²) in [5.41, 5.74) is 0.0394. The zero-order valence-corrected chi connectivity index (χ0v) is 12.1. The summed E-state index contributed by atoms with van der Waals surface area (Å²) in [7, 11) is 1.60. The van der Waals surface area contributed by atoms with Crippen molar-refractivity contribution in [2.45, 2.75) is 25.4 Å². The van der Waals surface area contributed by atoms with Crippen molar-refractivity contribution in [3.05, 3.63) is 24.3 Å². The maximum absolute atomic E-state index is 12.4. The average molecular weight is 278 g/mol. The maximum atomic E-state index is 12.4. The van der Waals surface area contributed by atoms with E-state index in [1.54, 1.807) is 7.11 Å². The minimum Gasteiger partial charge on any atom is -0.494 e. The molecule has 5 nitrogen and oxygen atoms in total. The quantitative estimate of drug-likeness (QED) is 0.862. The number of methoxy groups -OCH3 is 1. The number of piperidine rings is 1. The van der Waals surface area contributed by atoms with Crippen LogP contribution < -0.4 is 15.4 Å². The highest BCUT2D eigenvalue weighted by molar-refractivity contribution is 5.97. The number of hydrogen-bond acceptors (Lipinski definition) is 4. The fourth-order valence-electron chi connectivity index (χ4n) is 2.40. The molecular formula is C15H22N2O3. The molecule has 1 heterocycles. The molecule has 0 atom stereocenters. The first kappa shape index (κ1) is 14.8. The van der Waals surface area contributed by atoms with Gasteiger partial charge < -0.3 is 20.1 Å². The Balaban J connectivity index is 2.02. The van der Waals surface area contributed by atoms with Gasteiger partial charge in [0, 0.05) is 12.8 Å². The Hall–Kier alpha value is -1.59. The number of ether oxygens (including phenoxy) is 2. The van der Waals surface area contributed by atoms with Gasteiger partial charge in [-0.1, -0.05) is 0 Å².